The zero-order valence-electron chi connectivity index (χ0n) is 17.6. The van der Waals surface area contributed by atoms with E-state index < -0.39 is 0 Å². The second-order valence-electron chi connectivity index (χ2n) is 7.26. The van der Waals surface area contributed by atoms with Gasteiger partial charge in [0, 0.05) is 31.2 Å². The summed E-state index contributed by atoms with van der Waals surface area (Å²) < 4.78 is 7.13. The molecule has 0 aliphatic carbocycles. The van der Waals surface area contributed by atoms with E-state index in [0.717, 1.165) is 21.7 Å². The first kappa shape index (κ1) is 22.9. The fourth-order valence-electron chi connectivity index (χ4n) is 2.72. The number of nitrogens with one attached hydrogen (secondary N) is 1. The van der Waals surface area contributed by atoms with Gasteiger partial charge < -0.3 is 10.1 Å². The van der Waals surface area contributed by atoms with Gasteiger partial charge in [-0.25, -0.2) is 4.98 Å². The number of nitrogens with zero attached hydrogens (tertiary/aromatic N) is 2. The van der Waals surface area contributed by atoms with Crippen LogP contribution in [0.15, 0.2) is 9.95 Å². The van der Waals surface area contributed by atoms with Crippen molar-refractivity contribution in [2.45, 2.75) is 64.9 Å². The van der Waals surface area contributed by atoms with Crippen LogP contribution in [0.5, 0.6) is 0 Å². The Morgan fingerprint density at radius 3 is 2.68 bits per heavy atom. The molecule has 6 nitrogen and oxygen atoms in total. The van der Waals surface area contributed by atoms with Gasteiger partial charge in [0.25, 0.3) is 5.56 Å². The van der Waals surface area contributed by atoms with Crippen LogP contribution >= 0.6 is 23.1 Å². The lowest BCUT2D eigenvalue weighted by Gasteiger charge is -2.16. The number of ether oxygens (including phenoxy) is 1. The predicted octanol–water partition coefficient (Wildman–Crippen LogP) is 3.75. The monoisotopic (exact) mass is 425 g/mol. The molecule has 2 aromatic rings. The van der Waals surface area contributed by atoms with Crippen molar-refractivity contribution < 1.29 is 9.53 Å². The number of thiophene rings is 1. The maximum absolute atomic E-state index is 13.2. The smallest absolute Gasteiger partial charge is 0.263 e. The first-order valence-corrected chi connectivity index (χ1v) is 11.5. The molecule has 0 bridgehead atoms. The SMILES string of the molecule is CCOCCCn1c(S[C@@H](C)C(=O)NCC(C)C)nc2sc(C)c(C)c2c1=O. The van der Waals surface area contributed by atoms with Crippen LogP contribution < -0.4 is 10.9 Å². The van der Waals surface area contributed by atoms with E-state index in [-0.39, 0.29) is 16.7 Å². The second-order valence-corrected chi connectivity index (χ2v) is 9.78. The summed E-state index contributed by atoms with van der Waals surface area (Å²) in [7, 11) is 0. The van der Waals surface area contributed by atoms with Crippen molar-refractivity contribution in [1.82, 2.24) is 14.9 Å². The third-order valence-electron chi connectivity index (χ3n) is 4.46. The maximum Gasteiger partial charge on any atom is 0.263 e. The Labute approximate surface area is 175 Å². The van der Waals surface area contributed by atoms with E-state index >= 15 is 0 Å². The highest BCUT2D eigenvalue weighted by atomic mass is 32.2. The predicted molar refractivity (Wildman–Crippen MR) is 118 cm³/mol. The molecule has 1 atom stereocenters. The lowest BCUT2D eigenvalue weighted by Crippen LogP contribution is -2.34. The van der Waals surface area contributed by atoms with Crippen molar-refractivity contribution in [2.24, 2.45) is 5.92 Å². The van der Waals surface area contributed by atoms with Gasteiger partial charge in [0.15, 0.2) is 5.16 Å². The average molecular weight is 426 g/mol. The Kier molecular flexibility index (Phi) is 8.52. The third-order valence-corrected chi connectivity index (χ3v) is 6.66. The Morgan fingerprint density at radius 2 is 2.04 bits per heavy atom. The number of fused-ring (bicyclic) bond motifs is 1. The Bertz CT molecular complexity index is 874. The van der Waals surface area contributed by atoms with Crippen LogP contribution in [0.3, 0.4) is 0 Å². The number of carbonyl (C=O) groups excluding carboxylic acids is 1. The molecule has 2 aromatic heterocycles. The molecule has 0 spiro atoms. The first-order chi connectivity index (χ1) is 13.3. The van der Waals surface area contributed by atoms with Crippen LogP contribution in [0.25, 0.3) is 10.2 Å². The average Bonchev–Trinajstić information content (AvgIpc) is 2.92. The van der Waals surface area contributed by atoms with Crippen LogP contribution in [-0.4, -0.2) is 40.5 Å². The van der Waals surface area contributed by atoms with Gasteiger partial charge in [-0.15, -0.1) is 11.3 Å². The van der Waals surface area contributed by atoms with E-state index in [4.69, 9.17) is 9.72 Å². The van der Waals surface area contributed by atoms with Crippen molar-refractivity contribution >= 4 is 39.2 Å². The molecular formula is C20H31N3O3S2. The minimum absolute atomic E-state index is 0.0272. The van der Waals surface area contributed by atoms with Gasteiger partial charge in [-0.05, 0) is 45.6 Å². The molecule has 156 valence electrons. The number of carbonyl (C=O) groups is 1. The van der Waals surface area contributed by atoms with E-state index in [0.29, 0.717) is 42.8 Å². The standard InChI is InChI=1S/C20H31N3O3S2/c1-7-26-10-8-9-23-19(25)16-13(4)14(5)27-18(16)22-20(23)28-15(6)17(24)21-11-12(2)3/h12,15H,7-11H2,1-6H3,(H,21,24)/t15-/m0/s1. The van der Waals surface area contributed by atoms with E-state index in [1.807, 2.05) is 27.7 Å². The zero-order valence-corrected chi connectivity index (χ0v) is 19.3. The lowest BCUT2D eigenvalue weighted by atomic mass is 10.2. The molecule has 0 saturated heterocycles. The summed E-state index contributed by atoms with van der Waals surface area (Å²) in [4.78, 5) is 32.2. The summed E-state index contributed by atoms with van der Waals surface area (Å²) in [5, 5.41) is 3.92. The Balaban J connectivity index is 2.33. The Hall–Kier alpha value is -1.38. The second kappa shape index (κ2) is 10.4. The number of aryl methyl sites for hydroxylation is 2. The van der Waals surface area contributed by atoms with Gasteiger partial charge in [-0.2, -0.15) is 0 Å². The van der Waals surface area contributed by atoms with Gasteiger partial charge >= 0.3 is 0 Å². The van der Waals surface area contributed by atoms with E-state index in [1.165, 1.54) is 23.1 Å². The summed E-state index contributed by atoms with van der Waals surface area (Å²) in [6.45, 7) is 14.3. The van der Waals surface area contributed by atoms with Crippen LogP contribution in [0.2, 0.25) is 0 Å². The largest absolute Gasteiger partial charge is 0.382 e. The topological polar surface area (TPSA) is 73.2 Å². The van der Waals surface area contributed by atoms with Crippen LogP contribution in [0, 0.1) is 19.8 Å². The summed E-state index contributed by atoms with van der Waals surface area (Å²) >= 11 is 2.88. The quantitative estimate of drug-likeness (QED) is 0.356. The molecule has 0 unspecified atom stereocenters. The molecule has 1 amide bonds. The van der Waals surface area contributed by atoms with Crippen molar-refractivity contribution in [3.8, 4) is 0 Å². The molecule has 2 heterocycles. The molecule has 0 radical (unpaired) electrons. The number of rotatable bonds is 10. The molecule has 0 aliphatic heterocycles. The summed E-state index contributed by atoms with van der Waals surface area (Å²) in [5.41, 5.74) is 0.968. The van der Waals surface area contributed by atoms with Crippen LogP contribution in [0.4, 0.5) is 0 Å². The first-order valence-electron chi connectivity index (χ1n) is 9.78. The van der Waals surface area contributed by atoms with Gasteiger partial charge in [0.1, 0.15) is 4.83 Å². The highest BCUT2D eigenvalue weighted by Crippen LogP contribution is 2.29. The molecule has 28 heavy (non-hydrogen) atoms. The van der Waals surface area contributed by atoms with Crippen LogP contribution in [-0.2, 0) is 16.1 Å². The van der Waals surface area contributed by atoms with Gasteiger partial charge in [-0.1, -0.05) is 25.6 Å². The summed E-state index contributed by atoms with van der Waals surface area (Å²) in [5.74, 6) is 0.358. The summed E-state index contributed by atoms with van der Waals surface area (Å²) in [6, 6.07) is 0. The lowest BCUT2D eigenvalue weighted by molar-refractivity contribution is -0.120. The van der Waals surface area contributed by atoms with Crippen molar-refractivity contribution in [2.75, 3.05) is 19.8 Å². The van der Waals surface area contributed by atoms with Gasteiger partial charge in [0.05, 0.1) is 10.6 Å². The number of hydrogen-bond donors (Lipinski definition) is 1. The normalized spacial score (nSPS) is 12.7. The highest BCUT2D eigenvalue weighted by Gasteiger charge is 2.21. The molecule has 2 rings (SSSR count). The molecule has 0 aromatic carbocycles. The van der Waals surface area contributed by atoms with Gasteiger partial charge in [0.2, 0.25) is 5.91 Å². The van der Waals surface area contributed by atoms with Crippen molar-refractivity contribution in [3.63, 3.8) is 0 Å². The van der Waals surface area contributed by atoms with Crippen LogP contribution in [0.1, 0.15) is 44.6 Å². The van der Waals surface area contributed by atoms with Crippen molar-refractivity contribution in [1.29, 1.82) is 0 Å². The fraction of sp³-hybridized carbons (Fsp3) is 0.650. The zero-order chi connectivity index (χ0) is 20.8. The number of hydrogen-bond acceptors (Lipinski definition) is 6. The van der Waals surface area contributed by atoms with Gasteiger partial charge in [-0.3, -0.25) is 14.2 Å². The number of aromatic nitrogens is 2. The molecule has 0 saturated carbocycles. The minimum atomic E-state index is -0.330. The minimum Gasteiger partial charge on any atom is -0.382 e. The van der Waals surface area contributed by atoms with E-state index in [2.05, 4.69) is 19.2 Å². The molecule has 0 fully saturated rings. The fourth-order valence-corrected chi connectivity index (χ4v) is 4.75. The van der Waals surface area contributed by atoms with E-state index in [9.17, 15) is 9.59 Å². The third kappa shape index (κ3) is 5.58. The number of amides is 1. The maximum atomic E-state index is 13.2. The molecule has 0 aliphatic rings. The Morgan fingerprint density at radius 1 is 1.32 bits per heavy atom. The van der Waals surface area contributed by atoms with Crippen molar-refractivity contribution in [3.05, 3.63) is 20.8 Å². The molecular weight excluding hydrogens is 394 g/mol. The summed E-state index contributed by atoms with van der Waals surface area (Å²) in [6.07, 6.45) is 0.727. The molecule has 8 heteroatoms. The molecule has 1 N–H and O–H groups in total. The van der Waals surface area contributed by atoms with E-state index in [1.54, 1.807) is 4.57 Å². The highest BCUT2D eigenvalue weighted by molar-refractivity contribution is 8.00. The number of thioether (sulfide) groups is 1.